The van der Waals surface area contributed by atoms with E-state index in [9.17, 15) is 9.59 Å². The van der Waals surface area contributed by atoms with E-state index in [0.29, 0.717) is 23.7 Å². The van der Waals surface area contributed by atoms with Crippen LogP contribution >= 0.6 is 11.6 Å². The van der Waals surface area contributed by atoms with Crippen molar-refractivity contribution < 1.29 is 9.59 Å². The van der Waals surface area contributed by atoms with Gasteiger partial charge in [-0.1, -0.05) is 29.8 Å². The third kappa shape index (κ3) is 4.20. The first-order chi connectivity index (χ1) is 12.0. The van der Waals surface area contributed by atoms with Gasteiger partial charge in [-0.25, -0.2) is 0 Å². The highest BCUT2D eigenvalue weighted by molar-refractivity contribution is 6.30. The van der Waals surface area contributed by atoms with Crippen molar-refractivity contribution in [2.24, 2.45) is 0 Å². The van der Waals surface area contributed by atoms with E-state index in [2.05, 4.69) is 5.32 Å². The summed E-state index contributed by atoms with van der Waals surface area (Å²) in [6.45, 7) is 3.25. The summed E-state index contributed by atoms with van der Waals surface area (Å²) in [5.74, 6) is -0.0269. The first-order valence-electron chi connectivity index (χ1n) is 8.46. The van der Waals surface area contributed by atoms with Crippen molar-refractivity contribution >= 4 is 23.4 Å². The average Bonchev–Trinajstić information content (AvgIpc) is 2.63. The lowest BCUT2D eigenvalue weighted by atomic mass is 10.0. The zero-order chi connectivity index (χ0) is 17.8. The molecule has 1 saturated heterocycles. The Hall–Kier alpha value is -2.33. The number of nitrogens with one attached hydrogen (secondary N) is 1. The van der Waals surface area contributed by atoms with Gasteiger partial charge in [0.15, 0.2) is 0 Å². The Morgan fingerprint density at radius 3 is 2.32 bits per heavy atom. The highest BCUT2D eigenvalue weighted by Gasteiger charge is 2.25. The van der Waals surface area contributed by atoms with Crippen molar-refractivity contribution in [1.29, 1.82) is 0 Å². The number of halogens is 1. The number of nitrogens with zero attached hydrogens (tertiary/aromatic N) is 1. The summed E-state index contributed by atoms with van der Waals surface area (Å²) in [5, 5.41) is 3.66. The molecule has 0 aromatic heterocycles. The van der Waals surface area contributed by atoms with Gasteiger partial charge in [0.25, 0.3) is 11.8 Å². The summed E-state index contributed by atoms with van der Waals surface area (Å²) in [7, 11) is 0. The van der Waals surface area contributed by atoms with Gasteiger partial charge in [-0.3, -0.25) is 9.59 Å². The van der Waals surface area contributed by atoms with Gasteiger partial charge >= 0.3 is 0 Å². The summed E-state index contributed by atoms with van der Waals surface area (Å²) in [6, 6.07) is 14.6. The van der Waals surface area contributed by atoms with E-state index in [4.69, 9.17) is 11.6 Å². The molecule has 0 radical (unpaired) electrons. The quantitative estimate of drug-likeness (QED) is 0.911. The second-order valence-electron chi connectivity index (χ2n) is 6.36. The SMILES string of the molecule is Cc1ccccc1C(=O)N1CCC(NC(=O)c2ccc(Cl)cc2)CC1. The molecule has 0 aliphatic carbocycles. The Morgan fingerprint density at radius 2 is 1.68 bits per heavy atom. The molecule has 2 aromatic carbocycles. The number of carbonyl (C=O) groups is 2. The van der Waals surface area contributed by atoms with E-state index in [1.54, 1.807) is 24.3 Å². The molecule has 1 heterocycles. The lowest BCUT2D eigenvalue weighted by Crippen LogP contribution is -2.46. The molecule has 5 heteroatoms. The molecular weight excluding hydrogens is 336 g/mol. The molecule has 0 bridgehead atoms. The predicted octanol–water partition coefficient (Wildman–Crippen LogP) is 3.68. The molecule has 1 aliphatic rings. The van der Waals surface area contributed by atoms with Crippen LogP contribution in [0.2, 0.25) is 5.02 Å². The second kappa shape index (κ2) is 7.70. The minimum Gasteiger partial charge on any atom is -0.349 e. The molecule has 1 N–H and O–H groups in total. The van der Waals surface area contributed by atoms with Crippen molar-refractivity contribution in [3.8, 4) is 0 Å². The summed E-state index contributed by atoms with van der Waals surface area (Å²) in [5.41, 5.74) is 2.35. The Labute approximate surface area is 152 Å². The van der Waals surface area contributed by atoms with Crippen LogP contribution in [0, 0.1) is 6.92 Å². The van der Waals surface area contributed by atoms with Crippen molar-refractivity contribution in [2.45, 2.75) is 25.8 Å². The smallest absolute Gasteiger partial charge is 0.254 e. The van der Waals surface area contributed by atoms with Crippen molar-refractivity contribution in [3.63, 3.8) is 0 Å². The Balaban J connectivity index is 1.55. The van der Waals surface area contributed by atoms with Gasteiger partial charge in [0, 0.05) is 35.3 Å². The first-order valence-corrected chi connectivity index (χ1v) is 8.84. The fraction of sp³-hybridized carbons (Fsp3) is 0.300. The Bertz CT molecular complexity index is 766. The molecule has 2 aromatic rings. The van der Waals surface area contributed by atoms with Gasteiger partial charge in [-0.2, -0.15) is 0 Å². The van der Waals surface area contributed by atoms with E-state index >= 15 is 0 Å². The molecule has 1 fully saturated rings. The standard InChI is InChI=1S/C20H21ClN2O2/c1-14-4-2-3-5-18(14)20(25)23-12-10-17(11-13-23)22-19(24)15-6-8-16(21)9-7-15/h2-9,17H,10-13H2,1H3,(H,22,24). The second-order valence-corrected chi connectivity index (χ2v) is 6.80. The molecule has 1 aliphatic heterocycles. The lowest BCUT2D eigenvalue weighted by Gasteiger charge is -2.32. The maximum atomic E-state index is 12.6. The molecule has 130 valence electrons. The third-order valence-electron chi connectivity index (χ3n) is 4.60. The van der Waals surface area contributed by atoms with Gasteiger partial charge in [0.1, 0.15) is 0 Å². The topological polar surface area (TPSA) is 49.4 Å². The van der Waals surface area contributed by atoms with Crippen LogP contribution in [0.5, 0.6) is 0 Å². The van der Waals surface area contributed by atoms with Gasteiger partial charge in [0.05, 0.1) is 0 Å². The summed E-state index contributed by atoms with van der Waals surface area (Å²) < 4.78 is 0. The van der Waals surface area contributed by atoms with Crippen LogP contribution in [0.4, 0.5) is 0 Å². The molecule has 0 atom stereocenters. The van der Waals surface area contributed by atoms with Crippen LogP contribution in [0.15, 0.2) is 48.5 Å². The molecule has 3 rings (SSSR count). The van der Waals surface area contributed by atoms with Gasteiger partial charge in [0.2, 0.25) is 0 Å². The van der Waals surface area contributed by atoms with E-state index in [0.717, 1.165) is 24.0 Å². The highest BCUT2D eigenvalue weighted by atomic mass is 35.5. The van der Waals surface area contributed by atoms with Crippen molar-refractivity contribution in [3.05, 3.63) is 70.2 Å². The monoisotopic (exact) mass is 356 g/mol. The van der Waals surface area contributed by atoms with E-state index in [1.807, 2.05) is 36.1 Å². The van der Waals surface area contributed by atoms with E-state index < -0.39 is 0 Å². The van der Waals surface area contributed by atoms with Gasteiger partial charge in [-0.05, 0) is 55.7 Å². The van der Waals surface area contributed by atoms with Gasteiger partial charge < -0.3 is 10.2 Å². The van der Waals surface area contributed by atoms with E-state index in [-0.39, 0.29) is 17.9 Å². The summed E-state index contributed by atoms with van der Waals surface area (Å²) in [6.07, 6.45) is 1.52. The molecular formula is C20H21ClN2O2. The first kappa shape index (κ1) is 17.5. The number of piperidine rings is 1. The fourth-order valence-corrected chi connectivity index (χ4v) is 3.21. The van der Waals surface area contributed by atoms with Crippen LogP contribution in [-0.2, 0) is 0 Å². The van der Waals surface area contributed by atoms with E-state index in [1.165, 1.54) is 0 Å². The highest BCUT2D eigenvalue weighted by Crippen LogP contribution is 2.17. The normalized spacial score (nSPS) is 15.0. The number of amides is 2. The maximum absolute atomic E-state index is 12.6. The Morgan fingerprint density at radius 1 is 1.04 bits per heavy atom. The third-order valence-corrected chi connectivity index (χ3v) is 4.85. The van der Waals surface area contributed by atoms with Crippen LogP contribution in [0.25, 0.3) is 0 Å². The number of hydrogen-bond acceptors (Lipinski definition) is 2. The molecule has 25 heavy (non-hydrogen) atoms. The minimum absolute atomic E-state index is 0.0700. The number of rotatable bonds is 3. The number of likely N-dealkylation sites (tertiary alicyclic amines) is 1. The zero-order valence-electron chi connectivity index (χ0n) is 14.2. The number of benzene rings is 2. The van der Waals surface area contributed by atoms with Crippen LogP contribution in [0.3, 0.4) is 0 Å². The summed E-state index contributed by atoms with van der Waals surface area (Å²) in [4.78, 5) is 26.8. The molecule has 0 saturated carbocycles. The van der Waals surface area contributed by atoms with Crippen LogP contribution < -0.4 is 5.32 Å². The number of carbonyl (C=O) groups excluding carboxylic acids is 2. The van der Waals surface area contributed by atoms with Gasteiger partial charge in [-0.15, -0.1) is 0 Å². The molecule has 4 nitrogen and oxygen atoms in total. The minimum atomic E-state index is -0.0969. The van der Waals surface area contributed by atoms with Crippen molar-refractivity contribution in [2.75, 3.05) is 13.1 Å². The molecule has 0 unspecified atom stereocenters. The van der Waals surface area contributed by atoms with Crippen molar-refractivity contribution in [1.82, 2.24) is 10.2 Å². The fourth-order valence-electron chi connectivity index (χ4n) is 3.08. The lowest BCUT2D eigenvalue weighted by molar-refractivity contribution is 0.0697. The van der Waals surface area contributed by atoms with Crippen LogP contribution in [-0.4, -0.2) is 35.8 Å². The maximum Gasteiger partial charge on any atom is 0.254 e. The average molecular weight is 357 g/mol. The predicted molar refractivity (Wildman–Crippen MR) is 99.0 cm³/mol. The van der Waals surface area contributed by atoms with Crippen LogP contribution in [0.1, 0.15) is 39.1 Å². The molecule has 2 amide bonds. The largest absolute Gasteiger partial charge is 0.349 e. The number of hydrogen-bond donors (Lipinski definition) is 1. The summed E-state index contributed by atoms with van der Waals surface area (Å²) >= 11 is 5.85. The number of aryl methyl sites for hydroxylation is 1. The zero-order valence-corrected chi connectivity index (χ0v) is 14.9. The Kier molecular flexibility index (Phi) is 5.39. The molecule has 0 spiro atoms.